The van der Waals surface area contributed by atoms with Gasteiger partial charge in [-0.1, -0.05) is 0 Å². The lowest BCUT2D eigenvalue weighted by Crippen LogP contribution is -2.02. The second-order valence-electron chi connectivity index (χ2n) is 5.86. The van der Waals surface area contributed by atoms with Crippen molar-refractivity contribution in [3.8, 4) is 5.75 Å². The summed E-state index contributed by atoms with van der Waals surface area (Å²) in [5.74, 6) is 0.665. The number of Topliss-reactive ketones (excluding diaryl/α,β-unsaturated/α-hetero) is 1. The van der Waals surface area contributed by atoms with Gasteiger partial charge in [0.2, 0.25) is 0 Å². The average molecular weight is 357 g/mol. The highest BCUT2D eigenvalue weighted by molar-refractivity contribution is 7.84. The fourth-order valence-electron chi connectivity index (χ4n) is 2.83. The fraction of sp³-hybridized carbons (Fsp3) is 0.235. The topological polar surface area (TPSA) is 94.2 Å². The Morgan fingerprint density at radius 3 is 3.04 bits per heavy atom. The van der Waals surface area contributed by atoms with E-state index in [4.69, 9.17) is 9.78 Å². The number of nitrogens with one attached hydrogen (secondary N) is 1. The van der Waals surface area contributed by atoms with Gasteiger partial charge in [0.1, 0.15) is 6.61 Å². The highest BCUT2D eigenvalue weighted by Crippen LogP contribution is 2.30. The second kappa shape index (κ2) is 6.05. The number of rotatable bonds is 4. The van der Waals surface area contributed by atoms with Crippen molar-refractivity contribution in [2.75, 3.05) is 0 Å². The summed E-state index contributed by atoms with van der Waals surface area (Å²) in [6.07, 6.45) is 1.64. The Balaban J connectivity index is 1.67. The van der Waals surface area contributed by atoms with E-state index >= 15 is 0 Å². The molecule has 1 unspecified atom stereocenters. The zero-order chi connectivity index (χ0) is 17.6. The summed E-state index contributed by atoms with van der Waals surface area (Å²) in [5, 5.41) is 0.341. The number of pyridine rings is 1. The number of aryl methyl sites for hydroxylation is 1. The molecule has 25 heavy (non-hydrogen) atoms. The number of fused-ring (bicyclic) bond motifs is 2. The third-order valence-corrected chi connectivity index (χ3v) is 5.25. The fourth-order valence-corrected chi connectivity index (χ4v) is 3.84. The minimum atomic E-state index is -1.43. The first-order valence-electron chi connectivity index (χ1n) is 7.69. The molecule has 3 heterocycles. The molecule has 0 amide bonds. The second-order valence-corrected chi connectivity index (χ2v) is 7.23. The first-order valence-corrected chi connectivity index (χ1v) is 9.00. The van der Waals surface area contributed by atoms with Crippen LogP contribution in [0.2, 0.25) is 0 Å². The van der Waals surface area contributed by atoms with Gasteiger partial charge in [0, 0.05) is 17.3 Å². The number of hydrogen-bond acceptors (Lipinski definition) is 6. The zero-order valence-corrected chi connectivity index (χ0v) is 14.5. The first kappa shape index (κ1) is 15.9. The van der Waals surface area contributed by atoms with Gasteiger partial charge in [-0.05, 0) is 37.6 Å². The minimum Gasteiger partial charge on any atom is -0.335 e. The van der Waals surface area contributed by atoms with E-state index in [1.54, 1.807) is 12.3 Å². The molecule has 4 rings (SSSR count). The van der Waals surface area contributed by atoms with Crippen molar-refractivity contribution in [1.82, 2.24) is 15.0 Å². The maximum absolute atomic E-state index is 12.7. The summed E-state index contributed by atoms with van der Waals surface area (Å²) in [4.78, 5) is 33.4. The van der Waals surface area contributed by atoms with Gasteiger partial charge in [-0.15, -0.1) is 0 Å². The molecule has 1 aliphatic heterocycles. The Morgan fingerprint density at radius 1 is 1.40 bits per heavy atom. The number of benzene rings is 1. The minimum absolute atomic E-state index is 0.0220. The molecular formula is C17H15N3O4S. The average Bonchev–Trinajstić information content (AvgIpc) is 3.20. The normalized spacial score (nSPS) is 14.3. The van der Waals surface area contributed by atoms with E-state index in [1.807, 2.05) is 19.1 Å². The zero-order valence-electron chi connectivity index (χ0n) is 13.7. The van der Waals surface area contributed by atoms with Crippen LogP contribution >= 0.6 is 0 Å². The molecule has 0 aliphatic carbocycles. The van der Waals surface area contributed by atoms with Gasteiger partial charge in [-0.2, -0.15) is 4.89 Å². The van der Waals surface area contributed by atoms with Gasteiger partial charge >= 0.3 is 0 Å². The van der Waals surface area contributed by atoms with Gasteiger partial charge in [-0.3, -0.25) is 14.0 Å². The van der Waals surface area contributed by atoms with Gasteiger partial charge in [-0.25, -0.2) is 4.98 Å². The van der Waals surface area contributed by atoms with Crippen LogP contribution in [0.25, 0.3) is 11.0 Å². The predicted molar refractivity (Wildman–Crippen MR) is 90.6 cm³/mol. The van der Waals surface area contributed by atoms with Crippen molar-refractivity contribution < 1.29 is 18.8 Å². The largest absolute Gasteiger partial charge is 0.335 e. The lowest BCUT2D eigenvalue weighted by molar-refractivity contribution is -0.195. The SMILES string of the molecule is CC(=O)c1cc2nc(S(=O)Cc3nccc4c3OOC4)[nH]c2cc1C. The molecule has 3 aromatic rings. The molecule has 0 radical (unpaired) electrons. The van der Waals surface area contributed by atoms with Crippen LogP contribution in [0.15, 0.2) is 29.6 Å². The molecule has 0 spiro atoms. The molecule has 8 heteroatoms. The summed E-state index contributed by atoms with van der Waals surface area (Å²) in [6.45, 7) is 3.74. The number of aromatic amines is 1. The number of carbonyl (C=O) groups excluding carboxylic acids is 1. The highest BCUT2D eigenvalue weighted by Gasteiger charge is 2.22. The Labute approximate surface area is 145 Å². The van der Waals surface area contributed by atoms with Crippen molar-refractivity contribution in [2.24, 2.45) is 0 Å². The number of hydrogen-bond donors (Lipinski definition) is 1. The van der Waals surface area contributed by atoms with E-state index in [2.05, 4.69) is 15.0 Å². The summed E-state index contributed by atoms with van der Waals surface area (Å²) in [6, 6.07) is 5.37. The summed E-state index contributed by atoms with van der Waals surface area (Å²) < 4.78 is 12.7. The standard InChI is InChI=1S/C17H15N3O4S/c1-9-5-13-14(6-12(9)10(2)21)20-17(19-13)25(22)8-15-16-11(3-4-18-15)7-23-24-16/h3-6H,7-8H2,1-2H3,(H,19,20). The van der Waals surface area contributed by atoms with Gasteiger partial charge in [0.25, 0.3) is 0 Å². The van der Waals surface area contributed by atoms with Crippen LogP contribution in [0.4, 0.5) is 0 Å². The lowest BCUT2D eigenvalue weighted by atomic mass is 10.0. The number of aromatic nitrogens is 3. The third kappa shape index (κ3) is 2.83. The van der Waals surface area contributed by atoms with Crippen LogP contribution in [0.3, 0.4) is 0 Å². The van der Waals surface area contributed by atoms with Crippen molar-refractivity contribution in [3.63, 3.8) is 0 Å². The van der Waals surface area contributed by atoms with E-state index in [9.17, 15) is 9.00 Å². The Hall–Kier alpha value is -2.58. The van der Waals surface area contributed by atoms with Crippen molar-refractivity contribution in [3.05, 3.63) is 46.8 Å². The molecule has 128 valence electrons. The van der Waals surface area contributed by atoms with E-state index in [0.29, 0.717) is 34.3 Å². The van der Waals surface area contributed by atoms with Crippen molar-refractivity contribution in [1.29, 1.82) is 0 Å². The Kier molecular flexibility index (Phi) is 3.85. The van der Waals surface area contributed by atoms with Crippen LogP contribution < -0.4 is 4.89 Å². The maximum atomic E-state index is 12.7. The van der Waals surface area contributed by atoms with Crippen LogP contribution in [-0.4, -0.2) is 24.9 Å². The molecule has 0 bridgehead atoms. The van der Waals surface area contributed by atoms with Crippen LogP contribution in [0, 0.1) is 6.92 Å². The smallest absolute Gasteiger partial charge is 0.197 e. The number of ketones is 1. The van der Waals surface area contributed by atoms with Crippen LogP contribution in [0.5, 0.6) is 5.75 Å². The Bertz CT molecular complexity index is 1030. The number of imidazole rings is 1. The molecule has 2 aromatic heterocycles. The maximum Gasteiger partial charge on any atom is 0.197 e. The van der Waals surface area contributed by atoms with E-state index in [-0.39, 0.29) is 11.5 Å². The molecule has 7 nitrogen and oxygen atoms in total. The van der Waals surface area contributed by atoms with Crippen molar-refractivity contribution in [2.45, 2.75) is 31.4 Å². The molecule has 0 saturated heterocycles. The lowest BCUT2D eigenvalue weighted by Gasteiger charge is -2.03. The first-order chi connectivity index (χ1) is 12.0. The molecule has 0 saturated carbocycles. The quantitative estimate of drug-likeness (QED) is 0.570. The predicted octanol–water partition coefficient (Wildman–Crippen LogP) is 2.60. The number of H-pyrrole nitrogens is 1. The molecular weight excluding hydrogens is 342 g/mol. The van der Waals surface area contributed by atoms with Gasteiger partial charge in [0.05, 0.1) is 33.3 Å². The monoisotopic (exact) mass is 357 g/mol. The highest BCUT2D eigenvalue weighted by atomic mass is 32.2. The van der Waals surface area contributed by atoms with E-state index in [0.717, 1.165) is 16.6 Å². The molecule has 1 aromatic carbocycles. The summed E-state index contributed by atoms with van der Waals surface area (Å²) in [7, 11) is -1.43. The van der Waals surface area contributed by atoms with E-state index < -0.39 is 10.8 Å². The summed E-state index contributed by atoms with van der Waals surface area (Å²) in [5.41, 5.74) is 4.28. The van der Waals surface area contributed by atoms with Crippen LogP contribution in [-0.2, 0) is 28.0 Å². The van der Waals surface area contributed by atoms with Gasteiger partial charge < -0.3 is 9.87 Å². The number of nitrogens with zero attached hydrogens (tertiary/aromatic N) is 2. The molecule has 0 fully saturated rings. The van der Waals surface area contributed by atoms with E-state index in [1.165, 1.54) is 6.92 Å². The molecule has 1 aliphatic rings. The molecule has 1 atom stereocenters. The summed E-state index contributed by atoms with van der Waals surface area (Å²) >= 11 is 0. The van der Waals surface area contributed by atoms with Gasteiger partial charge in [0.15, 0.2) is 16.7 Å². The third-order valence-electron chi connectivity index (χ3n) is 4.09. The van der Waals surface area contributed by atoms with Crippen LogP contribution in [0.1, 0.15) is 34.1 Å². The Morgan fingerprint density at radius 2 is 2.24 bits per heavy atom. The van der Waals surface area contributed by atoms with Crippen molar-refractivity contribution >= 4 is 27.6 Å². The number of carbonyl (C=O) groups is 1. The molecule has 1 N–H and O–H groups in total.